The maximum Gasteiger partial charge on any atom is 0.0629 e. The molecule has 0 aliphatic heterocycles. The summed E-state index contributed by atoms with van der Waals surface area (Å²) in [5, 5.41) is 0. The molecule has 0 aromatic heterocycles. The molecule has 0 bridgehead atoms. The van der Waals surface area contributed by atoms with Gasteiger partial charge in [-0.3, -0.25) is 4.99 Å². The fraction of sp³-hybridized carbons (Fsp3) is 0. The van der Waals surface area contributed by atoms with E-state index in [0.717, 1.165) is 5.69 Å². The number of aliphatic imine (C=N–C) groups is 1. The molecule has 0 unspecified atom stereocenters. The van der Waals surface area contributed by atoms with Gasteiger partial charge in [0.15, 0.2) is 0 Å². The lowest BCUT2D eigenvalue weighted by Gasteiger charge is -1.87. The number of nitrogens with zero attached hydrogens (tertiary/aromatic N) is 1. The topological polar surface area (TPSA) is 38.4 Å². The van der Waals surface area contributed by atoms with E-state index in [2.05, 4.69) is 4.99 Å². The molecule has 0 atom stereocenters. The maximum absolute atomic E-state index is 5.12. The third kappa shape index (κ3) is 2.67. The summed E-state index contributed by atoms with van der Waals surface area (Å²) in [5.41, 5.74) is 6.06. The summed E-state index contributed by atoms with van der Waals surface area (Å²) >= 11 is 0. The second kappa shape index (κ2) is 4.28. The van der Waals surface area contributed by atoms with Crippen molar-refractivity contribution in [2.75, 3.05) is 0 Å². The van der Waals surface area contributed by atoms with Crippen molar-refractivity contribution in [2.45, 2.75) is 0 Å². The van der Waals surface area contributed by atoms with Crippen LogP contribution in [0.15, 0.2) is 47.6 Å². The van der Waals surface area contributed by atoms with Crippen molar-refractivity contribution in [3.05, 3.63) is 42.6 Å². The first-order valence-electron chi connectivity index (χ1n) is 3.39. The predicted octanol–water partition coefficient (Wildman–Crippen LogP) is 1.86. The fourth-order valence-corrected chi connectivity index (χ4v) is 0.693. The molecule has 0 aliphatic carbocycles. The van der Waals surface area contributed by atoms with Crippen molar-refractivity contribution >= 4 is 11.9 Å². The van der Waals surface area contributed by atoms with Crippen LogP contribution in [0.5, 0.6) is 0 Å². The zero-order chi connectivity index (χ0) is 7.94. The SMILES string of the molecule is N/C=C\C=Nc1ccccc1. The van der Waals surface area contributed by atoms with E-state index in [-0.39, 0.29) is 0 Å². The number of para-hydroxylation sites is 1. The highest BCUT2D eigenvalue weighted by atomic mass is 14.7. The molecule has 1 aromatic rings. The fourth-order valence-electron chi connectivity index (χ4n) is 0.693. The molecular formula is C9H10N2. The lowest BCUT2D eigenvalue weighted by atomic mass is 10.3. The summed E-state index contributed by atoms with van der Waals surface area (Å²) in [4.78, 5) is 4.10. The number of allylic oxidation sites excluding steroid dienone is 1. The Hall–Kier alpha value is -1.57. The summed E-state index contributed by atoms with van der Waals surface area (Å²) in [6.45, 7) is 0. The predicted molar refractivity (Wildman–Crippen MR) is 47.9 cm³/mol. The Balaban J connectivity index is 2.64. The van der Waals surface area contributed by atoms with Crippen LogP contribution in [0.4, 0.5) is 5.69 Å². The van der Waals surface area contributed by atoms with Crippen LogP contribution in [0.3, 0.4) is 0 Å². The first kappa shape index (κ1) is 7.54. The van der Waals surface area contributed by atoms with Crippen LogP contribution in [-0.4, -0.2) is 6.21 Å². The van der Waals surface area contributed by atoms with E-state index < -0.39 is 0 Å². The van der Waals surface area contributed by atoms with Gasteiger partial charge in [-0.25, -0.2) is 0 Å². The number of benzene rings is 1. The summed E-state index contributed by atoms with van der Waals surface area (Å²) in [6.07, 6.45) is 4.80. The smallest absolute Gasteiger partial charge is 0.0629 e. The average Bonchev–Trinajstić information content (AvgIpc) is 2.07. The van der Waals surface area contributed by atoms with E-state index in [1.54, 1.807) is 12.3 Å². The summed E-state index contributed by atoms with van der Waals surface area (Å²) in [7, 11) is 0. The molecule has 2 heteroatoms. The molecule has 0 aliphatic rings. The molecule has 0 saturated heterocycles. The van der Waals surface area contributed by atoms with E-state index in [1.165, 1.54) is 6.20 Å². The molecule has 1 aromatic carbocycles. The van der Waals surface area contributed by atoms with Crippen LogP contribution in [0.1, 0.15) is 0 Å². The molecule has 0 saturated carbocycles. The van der Waals surface area contributed by atoms with Crippen LogP contribution in [0, 0.1) is 0 Å². The average molecular weight is 146 g/mol. The van der Waals surface area contributed by atoms with Crippen LogP contribution in [0.2, 0.25) is 0 Å². The van der Waals surface area contributed by atoms with Gasteiger partial charge in [0, 0.05) is 6.21 Å². The molecule has 56 valence electrons. The zero-order valence-electron chi connectivity index (χ0n) is 6.14. The normalized spacial score (nSPS) is 11.3. The Morgan fingerprint density at radius 3 is 2.55 bits per heavy atom. The minimum absolute atomic E-state index is 0.936. The van der Waals surface area contributed by atoms with Gasteiger partial charge in [0.05, 0.1) is 5.69 Å². The van der Waals surface area contributed by atoms with Crippen LogP contribution in [0.25, 0.3) is 0 Å². The maximum atomic E-state index is 5.12. The van der Waals surface area contributed by atoms with E-state index in [0.29, 0.717) is 0 Å². The van der Waals surface area contributed by atoms with Gasteiger partial charge in [-0.15, -0.1) is 0 Å². The van der Waals surface area contributed by atoms with E-state index in [9.17, 15) is 0 Å². The van der Waals surface area contributed by atoms with E-state index >= 15 is 0 Å². The molecule has 11 heavy (non-hydrogen) atoms. The summed E-state index contributed by atoms with van der Waals surface area (Å²) in [6, 6.07) is 9.71. The first-order chi connectivity index (χ1) is 5.43. The van der Waals surface area contributed by atoms with Gasteiger partial charge in [0.1, 0.15) is 0 Å². The molecule has 2 nitrogen and oxygen atoms in total. The Morgan fingerprint density at radius 1 is 1.18 bits per heavy atom. The van der Waals surface area contributed by atoms with E-state index in [4.69, 9.17) is 5.73 Å². The largest absolute Gasteiger partial charge is 0.405 e. The third-order valence-corrected chi connectivity index (χ3v) is 1.18. The van der Waals surface area contributed by atoms with Crippen molar-refractivity contribution in [1.29, 1.82) is 0 Å². The van der Waals surface area contributed by atoms with Crippen molar-refractivity contribution in [3.63, 3.8) is 0 Å². The van der Waals surface area contributed by atoms with Crippen LogP contribution in [-0.2, 0) is 0 Å². The highest BCUT2D eigenvalue weighted by Crippen LogP contribution is 2.07. The number of rotatable bonds is 2. The minimum atomic E-state index is 0.936. The van der Waals surface area contributed by atoms with Gasteiger partial charge in [-0.2, -0.15) is 0 Å². The lowest BCUT2D eigenvalue weighted by molar-refractivity contribution is 1.53. The Bertz CT molecular complexity index is 250. The number of hydrogen-bond donors (Lipinski definition) is 1. The highest BCUT2D eigenvalue weighted by molar-refractivity contribution is 5.74. The molecule has 0 heterocycles. The quantitative estimate of drug-likeness (QED) is 0.635. The van der Waals surface area contributed by atoms with Crippen LogP contribution >= 0.6 is 0 Å². The van der Waals surface area contributed by atoms with Crippen LogP contribution < -0.4 is 5.73 Å². The monoisotopic (exact) mass is 146 g/mol. The summed E-state index contributed by atoms with van der Waals surface area (Å²) in [5.74, 6) is 0. The second-order valence-corrected chi connectivity index (χ2v) is 2.00. The Labute approximate surface area is 66.1 Å². The molecular weight excluding hydrogens is 136 g/mol. The number of nitrogens with two attached hydrogens (primary N) is 1. The van der Waals surface area contributed by atoms with E-state index in [1.807, 2.05) is 30.3 Å². The Morgan fingerprint density at radius 2 is 1.91 bits per heavy atom. The minimum Gasteiger partial charge on any atom is -0.405 e. The highest BCUT2D eigenvalue weighted by Gasteiger charge is 1.79. The lowest BCUT2D eigenvalue weighted by Crippen LogP contribution is -1.75. The van der Waals surface area contributed by atoms with Crippen molar-refractivity contribution in [1.82, 2.24) is 0 Å². The molecule has 0 amide bonds. The standard InChI is InChI=1S/C9H10N2/c10-7-4-8-11-9-5-2-1-3-6-9/h1-8H,10H2/b7-4-,11-8?. The van der Waals surface area contributed by atoms with Crippen molar-refractivity contribution < 1.29 is 0 Å². The third-order valence-electron chi connectivity index (χ3n) is 1.18. The van der Waals surface area contributed by atoms with Crippen molar-refractivity contribution in [3.8, 4) is 0 Å². The van der Waals surface area contributed by atoms with Gasteiger partial charge in [0.25, 0.3) is 0 Å². The summed E-state index contributed by atoms with van der Waals surface area (Å²) < 4.78 is 0. The molecule has 2 N–H and O–H groups in total. The molecule has 1 rings (SSSR count). The Kier molecular flexibility index (Phi) is 2.93. The van der Waals surface area contributed by atoms with Gasteiger partial charge < -0.3 is 5.73 Å². The van der Waals surface area contributed by atoms with Gasteiger partial charge in [-0.1, -0.05) is 18.2 Å². The van der Waals surface area contributed by atoms with Gasteiger partial charge >= 0.3 is 0 Å². The number of hydrogen-bond acceptors (Lipinski definition) is 2. The molecule has 0 radical (unpaired) electrons. The van der Waals surface area contributed by atoms with Gasteiger partial charge in [-0.05, 0) is 24.4 Å². The zero-order valence-corrected chi connectivity index (χ0v) is 6.14. The molecule has 0 fully saturated rings. The first-order valence-corrected chi connectivity index (χ1v) is 3.39. The molecule has 0 spiro atoms. The second-order valence-electron chi connectivity index (χ2n) is 2.00. The van der Waals surface area contributed by atoms with Crippen molar-refractivity contribution in [2.24, 2.45) is 10.7 Å². The van der Waals surface area contributed by atoms with Gasteiger partial charge in [0.2, 0.25) is 0 Å².